The normalized spacial score (nSPS) is 12.1. The van der Waals surface area contributed by atoms with Gasteiger partial charge in [-0.2, -0.15) is 13.2 Å². The van der Waals surface area contributed by atoms with Crippen molar-refractivity contribution in [3.05, 3.63) is 76.9 Å². The lowest BCUT2D eigenvalue weighted by molar-refractivity contribution is -0.137. The first-order chi connectivity index (χ1) is 14.0. The summed E-state index contributed by atoms with van der Waals surface area (Å²) in [5, 5.41) is 10.5. The topological polar surface area (TPSA) is 59.8 Å². The molecule has 0 saturated carbocycles. The first-order valence-electron chi connectivity index (χ1n) is 9.13. The van der Waals surface area contributed by atoms with Gasteiger partial charge < -0.3 is 5.32 Å². The minimum atomic E-state index is -4.44. The van der Waals surface area contributed by atoms with Gasteiger partial charge in [0.25, 0.3) is 5.91 Å². The molecular formula is C21H20F4N4O. The van der Waals surface area contributed by atoms with Gasteiger partial charge in [0.05, 0.1) is 16.9 Å². The van der Waals surface area contributed by atoms with Crippen molar-refractivity contribution in [2.75, 3.05) is 6.54 Å². The van der Waals surface area contributed by atoms with E-state index in [4.69, 9.17) is 0 Å². The number of amides is 1. The van der Waals surface area contributed by atoms with Crippen LogP contribution in [0.5, 0.6) is 0 Å². The van der Waals surface area contributed by atoms with Gasteiger partial charge in [-0.05, 0) is 42.8 Å². The summed E-state index contributed by atoms with van der Waals surface area (Å²) in [4.78, 5) is 12.6. The lowest BCUT2D eigenvalue weighted by Gasteiger charge is -2.26. The Morgan fingerprint density at radius 1 is 1.07 bits per heavy atom. The van der Waals surface area contributed by atoms with Crippen molar-refractivity contribution >= 4 is 5.91 Å². The fourth-order valence-electron chi connectivity index (χ4n) is 2.97. The maximum Gasteiger partial charge on any atom is 0.416 e. The zero-order chi connectivity index (χ0) is 22.1. The molecule has 30 heavy (non-hydrogen) atoms. The highest BCUT2D eigenvalue weighted by molar-refractivity contribution is 5.93. The standard InChI is InChI=1S/C21H20F4N4O/c1-13-18(27-28-29(13)17-9-7-16(22)8-10-17)19(30)26-12-20(2,3)14-5-4-6-15(11-14)21(23,24)25/h4-11H,12H2,1-3H3,(H,26,30). The summed E-state index contributed by atoms with van der Waals surface area (Å²) in [6.07, 6.45) is -4.44. The molecule has 5 nitrogen and oxygen atoms in total. The van der Waals surface area contributed by atoms with Gasteiger partial charge in [0.1, 0.15) is 5.82 Å². The van der Waals surface area contributed by atoms with Crippen LogP contribution in [-0.4, -0.2) is 27.4 Å². The average molecular weight is 420 g/mol. The number of rotatable bonds is 5. The highest BCUT2D eigenvalue weighted by atomic mass is 19.4. The van der Waals surface area contributed by atoms with Gasteiger partial charge in [-0.15, -0.1) is 5.10 Å². The van der Waals surface area contributed by atoms with E-state index in [1.807, 2.05) is 0 Å². The molecule has 0 radical (unpaired) electrons. The molecule has 0 fully saturated rings. The third kappa shape index (κ3) is 4.50. The van der Waals surface area contributed by atoms with Gasteiger partial charge in [-0.25, -0.2) is 9.07 Å². The Balaban J connectivity index is 1.75. The largest absolute Gasteiger partial charge is 0.416 e. The highest BCUT2D eigenvalue weighted by Gasteiger charge is 2.32. The van der Waals surface area contributed by atoms with E-state index in [9.17, 15) is 22.4 Å². The molecule has 0 aliphatic heterocycles. The van der Waals surface area contributed by atoms with Crippen molar-refractivity contribution < 1.29 is 22.4 Å². The van der Waals surface area contributed by atoms with E-state index in [0.717, 1.165) is 12.1 Å². The Morgan fingerprint density at radius 3 is 2.33 bits per heavy atom. The Kier molecular flexibility index (Phi) is 5.65. The third-order valence-electron chi connectivity index (χ3n) is 4.84. The van der Waals surface area contributed by atoms with Crippen molar-refractivity contribution in [1.29, 1.82) is 0 Å². The van der Waals surface area contributed by atoms with E-state index in [2.05, 4.69) is 15.6 Å². The van der Waals surface area contributed by atoms with Crippen molar-refractivity contribution in [2.24, 2.45) is 0 Å². The molecule has 0 unspecified atom stereocenters. The van der Waals surface area contributed by atoms with Crippen LogP contribution in [0, 0.1) is 12.7 Å². The monoisotopic (exact) mass is 420 g/mol. The van der Waals surface area contributed by atoms with Gasteiger partial charge >= 0.3 is 6.18 Å². The number of carbonyl (C=O) groups is 1. The molecule has 1 heterocycles. The molecule has 3 rings (SSSR count). The molecule has 158 valence electrons. The molecule has 0 saturated heterocycles. The van der Waals surface area contributed by atoms with E-state index in [1.54, 1.807) is 26.8 Å². The van der Waals surface area contributed by atoms with E-state index < -0.39 is 28.9 Å². The summed E-state index contributed by atoms with van der Waals surface area (Å²) in [7, 11) is 0. The van der Waals surface area contributed by atoms with Crippen LogP contribution >= 0.6 is 0 Å². The second-order valence-electron chi connectivity index (χ2n) is 7.56. The van der Waals surface area contributed by atoms with E-state index in [0.29, 0.717) is 16.9 Å². The lowest BCUT2D eigenvalue weighted by atomic mass is 9.83. The fraction of sp³-hybridized carbons (Fsp3) is 0.286. The fourth-order valence-corrected chi connectivity index (χ4v) is 2.97. The summed E-state index contributed by atoms with van der Waals surface area (Å²) in [6.45, 7) is 5.22. The summed E-state index contributed by atoms with van der Waals surface area (Å²) in [6, 6.07) is 10.6. The molecular weight excluding hydrogens is 400 g/mol. The van der Waals surface area contributed by atoms with Crippen LogP contribution in [0.3, 0.4) is 0 Å². The smallest absolute Gasteiger partial charge is 0.350 e. The van der Waals surface area contributed by atoms with Crippen LogP contribution in [0.4, 0.5) is 17.6 Å². The molecule has 1 aromatic heterocycles. The van der Waals surface area contributed by atoms with Crippen molar-refractivity contribution in [2.45, 2.75) is 32.4 Å². The van der Waals surface area contributed by atoms with Crippen molar-refractivity contribution in [1.82, 2.24) is 20.3 Å². The highest BCUT2D eigenvalue weighted by Crippen LogP contribution is 2.32. The van der Waals surface area contributed by atoms with E-state index in [1.165, 1.54) is 35.0 Å². The Labute approximate surface area is 170 Å². The number of hydrogen-bond acceptors (Lipinski definition) is 3. The summed E-state index contributed by atoms with van der Waals surface area (Å²) < 4.78 is 53.5. The maximum atomic E-state index is 13.1. The number of hydrogen-bond donors (Lipinski definition) is 1. The number of alkyl halides is 3. The molecule has 0 spiro atoms. The predicted octanol–water partition coefficient (Wildman–Crippen LogP) is 4.44. The number of nitrogens with zero attached hydrogens (tertiary/aromatic N) is 3. The average Bonchev–Trinajstić information content (AvgIpc) is 3.08. The molecule has 9 heteroatoms. The zero-order valence-electron chi connectivity index (χ0n) is 16.6. The van der Waals surface area contributed by atoms with Gasteiger partial charge in [-0.1, -0.05) is 37.3 Å². The van der Waals surface area contributed by atoms with E-state index in [-0.39, 0.29) is 12.2 Å². The quantitative estimate of drug-likeness (QED) is 0.621. The first-order valence-corrected chi connectivity index (χ1v) is 9.13. The molecule has 0 aliphatic carbocycles. The van der Waals surface area contributed by atoms with Crippen LogP contribution < -0.4 is 5.32 Å². The molecule has 2 aromatic carbocycles. The number of aromatic nitrogens is 3. The summed E-state index contributed by atoms with van der Waals surface area (Å²) in [5.74, 6) is -0.896. The Morgan fingerprint density at radius 2 is 1.70 bits per heavy atom. The lowest BCUT2D eigenvalue weighted by Crippen LogP contribution is -2.37. The van der Waals surface area contributed by atoms with Crippen molar-refractivity contribution in [3.8, 4) is 5.69 Å². The maximum absolute atomic E-state index is 13.1. The van der Waals surface area contributed by atoms with Crippen LogP contribution in [0.25, 0.3) is 5.69 Å². The molecule has 1 N–H and O–H groups in total. The van der Waals surface area contributed by atoms with Gasteiger partial charge in [-0.3, -0.25) is 4.79 Å². The number of halogens is 4. The first kappa shape index (κ1) is 21.5. The summed E-state index contributed by atoms with van der Waals surface area (Å²) in [5.41, 5.74) is 0.0410. The number of benzene rings is 2. The molecule has 1 amide bonds. The van der Waals surface area contributed by atoms with E-state index >= 15 is 0 Å². The molecule has 0 aliphatic rings. The van der Waals surface area contributed by atoms with Crippen LogP contribution in [-0.2, 0) is 11.6 Å². The minimum absolute atomic E-state index is 0.0826. The van der Waals surface area contributed by atoms with Gasteiger partial charge in [0.15, 0.2) is 5.69 Å². The minimum Gasteiger partial charge on any atom is -0.350 e. The predicted molar refractivity (Wildman–Crippen MR) is 103 cm³/mol. The molecule has 3 aromatic rings. The van der Waals surface area contributed by atoms with Crippen molar-refractivity contribution in [3.63, 3.8) is 0 Å². The van der Waals surface area contributed by atoms with Crippen LogP contribution in [0.2, 0.25) is 0 Å². The zero-order valence-corrected chi connectivity index (χ0v) is 16.6. The molecule has 0 bridgehead atoms. The van der Waals surface area contributed by atoms with Crippen LogP contribution in [0.1, 0.15) is 41.2 Å². The number of carbonyl (C=O) groups excluding carboxylic acids is 1. The SMILES string of the molecule is Cc1c(C(=O)NCC(C)(C)c2cccc(C(F)(F)F)c2)nnn1-c1ccc(F)cc1. The third-order valence-corrected chi connectivity index (χ3v) is 4.84. The van der Waals surface area contributed by atoms with Gasteiger partial charge in [0.2, 0.25) is 0 Å². The second-order valence-corrected chi connectivity index (χ2v) is 7.56. The number of nitrogens with one attached hydrogen (secondary N) is 1. The Hall–Kier alpha value is -3.23. The summed E-state index contributed by atoms with van der Waals surface area (Å²) >= 11 is 0. The molecule has 0 atom stereocenters. The van der Waals surface area contributed by atoms with Gasteiger partial charge in [0, 0.05) is 12.0 Å². The second kappa shape index (κ2) is 7.89. The Bertz CT molecular complexity index is 1060. The van der Waals surface area contributed by atoms with Crippen LogP contribution in [0.15, 0.2) is 48.5 Å².